The highest BCUT2D eigenvalue weighted by Crippen LogP contribution is 2.37. The first-order chi connectivity index (χ1) is 13.3. The third kappa shape index (κ3) is 4.10. The second-order valence-corrected chi connectivity index (χ2v) is 7.93. The molecule has 0 amide bonds. The monoisotopic (exact) mass is 403 g/mol. The smallest absolute Gasteiger partial charge is 0.301 e. The average molecular weight is 403 g/mol. The molecule has 28 heavy (non-hydrogen) atoms. The van der Waals surface area contributed by atoms with Gasteiger partial charge in [0, 0.05) is 37.8 Å². The second kappa shape index (κ2) is 7.91. The summed E-state index contributed by atoms with van der Waals surface area (Å²) in [4.78, 5) is 4.33. The molecule has 0 saturated heterocycles. The van der Waals surface area contributed by atoms with E-state index in [-0.39, 0.29) is 0 Å². The number of pyridine rings is 1. The van der Waals surface area contributed by atoms with Crippen LogP contribution in [-0.4, -0.2) is 46.0 Å². The number of rotatable bonds is 7. The maximum absolute atomic E-state index is 12.0. The van der Waals surface area contributed by atoms with Crippen LogP contribution >= 0.6 is 0 Å². The van der Waals surface area contributed by atoms with Crippen molar-refractivity contribution in [3.05, 3.63) is 48.7 Å². The zero-order valence-electron chi connectivity index (χ0n) is 16.0. The zero-order chi connectivity index (χ0) is 20.3. The van der Waals surface area contributed by atoms with Gasteiger partial charge >= 0.3 is 10.2 Å². The van der Waals surface area contributed by atoms with Gasteiger partial charge in [-0.05, 0) is 30.3 Å². The summed E-state index contributed by atoms with van der Waals surface area (Å²) in [6.45, 7) is 0. The van der Waals surface area contributed by atoms with E-state index in [0.717, 1.165) is 15.2 Å². The third-order valence-electron chi connectivity index (χ3n) is 4.02. The van der Waals surface area contributed by atoms with Gasteiger partial charge in [-0.2, -0.15) is 12.7 Å². The molecule has 2 aromatic carbocycles. The number of hydrogen-bond acceptors (Lipinski definition) is 6. The van der Waals surface area contributed by atoms with Gasteiger partial charge in [0.1, 0.15) is 11.5 Å². The number of nitrogens with zero attached hydrogens (tertiary/aromatic N) is 2. The molecule has 0 spiro atoms. The Morgan fingerprint density at radius 1 is 0.929 bits per heavy atom. The Hall–Kier alpha value is -3.04. The first kappa shape index (κ1) is 19.7. The van der Waals surface area contributed by atoms with Crippen molar-refractivity contribution in [2.75, 3.05) is 33.0 Å². The van der Waals surface area contributed by atoms with Crippen LogP contribution in [0.2, 0.25) is 0 Å². The lowest BCUT2D eigenvalue weighted by atomic mass is 10.2. The van der Waals surface area contributed by atoms with E-state index in [9.17, 15) is 8.42 Å². The van der Waals surface area contributed by atoms with Crippen LogP contribution in [0.1, 0.15) is 0 Å². The molecule has 1 N–H and O–H groups in total. The SMILES string of the molecule is COc1ccc2c(Oc3ccc(NS(=O)(=O)N(C)C)cc3OC)ccnc2c1. The highest BCUT2D eigenvalue weighted by Gasteiger charge is 2.15. The van der Waals surface area contributed by atoms with Crippen molar-refractivity contribution in [2.45, 2.75) is 0 Å². The maximum atomic E-state index is 12.0. The van der Waals surface area contributed by atoms with E-state index in [1.807, 2.05) is 18.2 Å². The van der Waals surface area contributed by atoms with Gasteiger partial charge in [-0.25, -0.2) is 0 Å². The molecule has 0 aliphatic rings. The van der Waals surface area contributed by atoms with Crippen LogP contribution in [0, 0.1) is 0 Å². The van der Waals surface area contributed by atoms with E-state index in [2.05, 4.69) is 9.71 Å². The topological polar surface area (TPSA) is 90.0 Å². The lowest BCUT2D eigenvalue weighted by Gasteiger charge is -2.16. The molecule has 3 rings (SSSR count). The lowest BCUT2D eigenvalue weighted by molar-refractivity contribution is 0.380. The van der Waals surface area contributed by atoms with Crippen molar-refractivity contribution >= 4 is 26.8 Å². The number of aromatic nitrogens is 1. The number of fused-ring (bicyclic) bond motifs is 1. The Balaban J connectivity index is 1.94. The molecule has 0 bridgehead atoms. The first-order valence-corrected chi connectivity index (χ1v) is 9.77. The van der Waals surface area contributed by atoms with Crippen molar-refractivity contribution in [1.29, 1.82) is 0 Å². The summed E-state index contributed by atoms with van der Waals surface area (Å²) in [5.74, 6) is 2.12. The molecule has 0 atom stereocenters. The summed E-state index contributed by atoms with van der Waals surface area (Å²) in [5, 5.41) is 0.808. The fourth-order valence-corrected chi connectivity index (χ4v) is 3.10. The summed E-state index contributed by atoms with van der Waals surface area (Å²) in [7, 11) is 2.36. The molecule has 0 aliphatic heterocycles. The predicted octanol–water partition coefficient (Wildman–Crippen LogP) is 3.26. The Morgan fingerprint density at radius 2 is 1.71 bits per heavy atom. The van der Waals surface area contributed by atoms with Gasteiger partial charge in [-0.15, -0.1) is 0 Å². The molecule has 9 heteroatoms. The van der Waals surface area contributed by atoms with Crippen LogP contribution in [0.15, 0.2) is 48.7 Å². The Bertz CT molecular complexity index is 1100. The molecular weight excluding hydrogens is 382 g/mol. The summed E-state index contributed by atoms with van der Waals surface area (Å²) >= 11 is 0. The Kier molecular flexibility index (Phi) is 5.57. The fourth-order valence-electron chi connectivity index (χ4n) is 2.49. The highest BCUT2D eigenvalue weighted by atomic mass is 32.2. The Labute approximate surface area is 163 Å². The summed E-state index contributed by atoms with van der Waals surface area (Å²) in [6.07, 6.45) is 1.64. The van der Waals surface area contributed by atoms with Crippen molar-refractivity contribution in [2.24, 2.45) is 0 Å². The largest absolute Gasteiger partial charge is 0.497 e. The molecule has 0 radical (unpaired) electrons. The van der Waals surface area contributed by atoms with E-state index >= 15 is 0 Å². The highest BCUT2D eigenvalue weighted by molar-refractivity contribution is 7.90. The van der Waals surface area contributed by atoms with Crippen molar-refractivity contribution in [3.63, 3.8) is 0 Å². The Morgan fingerprint density at radius 3 is 2.39 bits per heavy atom. The summed E-state index contributed by atoms with van der Waals surface area (Å²) in [5.41, 5.74) is 1.09. The van der Waals surface area contributed by atoms with Gasteiger partial charge in [-0.3, -0.25) is 9.71 Å². The minimum Gasteiger partial charge on any atom is -0.497 e. The number of benzene rings is 2. The summed E-state index contributed by atoms with van der Waals surface area (Å²) in [6, 6.07) is 12.1. The standard InChI is InChI=1S/C19H21N3O5S/c1-22(2)28(23,24)21-13-5-8-18(19(11-13)26-4)27-17-9-10-20-16-12-14(25-3)6-7-15(16)17/h5-12,21H,1-4H3. The van der Waals surface area contributed by atoms with Crippen molar-refractivity contribution < 1.29 is 22.6 Å². The minimum absolute atomic E-state index is 0.363. The van der Waals surface area contributed by atoms with Gasteiger partial charge < -0.3 is 14.2 Å². The van der Waals surface area contributed by atoms with Crippen LogP contribution in [-0.2, 0) is 10.2 Å². The molecule has 3 aromatic rings. The van der Waals surface area contributed by atoms with Crippen LogP contribution in [0.25, 0.3) is 10.9 Å². The van der Waals surface area contributed by atoms with Crippen molar-refractivity contribution in [3.8, 4) is 23.0 Å². The molecule has 1 heterocycles. The molecular formula is C19H21N3O5S. The van der Waals surface area contributed by atoms with Gasteiger partial charge in [0.15, 0.2) is 11.5 Å². The molecule has 1 aromatic heterocycles. The number of hydrogen-bond donors (Lipinski definition) is 1. The van der Waals surface area contributed by atoms with Crippen LogP contribution < -0.4 is 18.9 Å². The first-order valence-electron chi connectivity index (χ1n) is 8.33. The van der Waals surface area contributed by atoms with Crippen molar-refractivity contribution in [1.82, 2.24) is 9.29 Å². The number of ether oxygens (including phenoxy) is 3. The van der Waals surface area contributed by atoms with Crippen LogP contribution in [0.4, 0.5) is 5.69 Å². The van der Waals surface area contributed by atoms with Gasteiger partial charge in [-0.1, -0.05) is 0 Å². The molecule has 148 valence electrons. The molecule has 0 unspecified atom stereocenters. The van der Waals surface area contributed by atoms with Crippen LogP contribution in [0.5, 0.6) is 23.0 Å². The van der Waals surface area contributed by atoms with E-state index in [4.69, 9.17) is 14.2 Å². The maximum Gasteiger partial charge on any atom is 0.301 e. The lowest BCUT2D eigenvalue weighted by Crippen LogP contribution is -2.28. The van der Waals surface area contributed by atoms with E-state index in [0.29, 0.717) is 28.7 Å². The number of nitrogens with one attached hydrogen (secondary N) is 1. The zero-order valence-corrected chi connectivity index (χ0v) is 16.8. The number of methoxy groups -OCH3 is 2. The average Bonchev–Trinajstić information content (AvgIpc) is 2.68. The summed E-state index contributed by atoms with van der Waals surface area (Å²) < 4.78 is 44.2. The predicted molar refractivity (Wildman–Crippen MR) is 108 cm³/mol. The quantitative estimate of drug-likeness (QED) is 0.651. The van der Waals surface area contributed by atoms with E-state index < -0.39 is 10.2 Å². The molecule has 8 nitrogen and oxygen atoms in total. The molecule has 0 fully saturated rings. The number of anilines is 1. The second-order valence-electron chi connectivity index (χ2n) is 6.05. The third-order valence-corrected chi connectivity index (χ3v) is 5.48. The van der Waals surface area contributed by atoms with E-state index in [1.165, 1.54) is 21.2 Å². The van der Waals surface area contributed by atoms with Crippen LogP contribution in [0.3, 0.4) is 0 Å². The fraction of sp³-hybridized carbons (Fsp3) is 0.211. The normalized spacial score (nSPS) is 11.5. The molecule has 0 saturated carbocycles. The van der Waals surface area contributed by atoms with Gasteiger partial charge in [0.05, 0.1) is 25.4 Å². The van der Waals surface area contributed by atoms with E-state index in [1.54, 1.807) is 37.6 Å². The van der Waals surface area contributed by atoms with Gasteiger partial charge in [0.2, 0.25) is 0 Å². The minimum atomic E-state index is -3.62. The molecule has 0 aliphatic carbocycles. The van der Waals surface area contributed by atoms with Gasteiger partial charge in [0.25, 0.3) is 0 Å².